The number of nitrogen functional groups attached to an aromatic ring is 1. The van der Waals surface area contributed by atoms with Crippen molar-refractivity contribution in [3.8, 4) is 5.75 Å². The Hall–Kier alpha value is -3.22. The van der Waals surface area contributed by atoms with E-state index in [0.29, 0.717) is 0 Å². The highest BCUT2D eigenvalue weighted by molar-refractivity contribution is 7.87. The Bertz CT molecular complexity index is 1150. The lowest BCUT2D eigenvalue weighted by Gasteiger charge is -2.25. The number of hydrogen-bond acceptors (Lipinski definition) is 10. The van der Waals surface area contributed by atoms with Gasteiger partial charge in [0, 0.05) is 19.2 Å². The first-order valence-electron chi connectivity index (χ1n) is 8.94. The number of nitrogens with two attached hydrogens (primary N) is 1. The van der Waals surface area contributed by atoms with Crippen molar-refractivity contribution < 1.29 is 27.7 Å². The van der Waals surface area contributed by atoms with Crippen LogP contribution in [0.4, 0.5) is 11.6 Å². The summed E-state index contributed by atoms with van der Waals surface area (Å²) in [6.07, 6.45) is 0. The van der Waals surface area contributed by atoms with Crippen LogP contribution < -0.4 is 19.7 Å². The van der Waals surface area contributed by atoms with E-state index in [-0.39, 0.29) is 64.5 Å². The minimum atomic E-state index is -4.30. The van der Waals surface area contributed by atoms with Gasteiger partial charge in [-0.1, -0.05) is 17.7 Å². The van der Waals surface area contributed by atoms with Crippen LogP contribution in [-0.4, -0.2) is 55.0 Å². The highest BCUT2D eigenvalue weighted by Gasteiger charge is 2.27. The Balaban J connectivity index is 2.22. The van der Waals surface area contributed by atoms with Crippen LogP contribution >= 0.6 is 0 Å². The molecular weight excluding hydrogens is 414 g/mol. The summed E-state index contributed by atoms with van der Waals surface area (Å²) in [7, 11) is -4.30. The third-order valence-corrected chi connectivity index (χ3v) is 5.53. The number of fused-ring (bicyclic) bond motifs is 1. The second-order valence-electron chi connectivity index (χ2n) is 6.41. The summed E-state index contributed by atoms with van der Waals surface area (Å²) in [5.74, 6) is -0.628. The molecule has 0 saturated heterocycles. The van der Waals surface area contributed by atoms with Gasteiger partial charge in [-0.05, 0) is 30.0 Å². The molecule has 2 aromatic carbocycles. The molecule has 11 nitrogen and oxygen atoms in total. The zero-order valence-corrected chi connectivity index (χ0v) is 16.9. The molecule has 0 aliphatic rings. The normalized spacial score (nSPS) is 11.6. The van der Waals surface area contributed by atoms with Crippen LogP contribution in [0.15, 0.2) is 41.3 Å². The summed E-state index contributed by atoms with van der Waals surface area (Å²) in [6, 6.07) is 8.84. The fourth-order valence-electron chi connectivity index (χ4n) is 2.88. The quantitative estimate of drug-likeness (QED) is 0.243. The van der Waals surface area contributed by atoms with Crippen molar-refractivity contribution >= 4 is 32.8 Å². The molecule has 160 valence electrons. The van der Waals surface area contributed by atoms with Gasteiger partial charge in [0.25, 0.3) is 11.5 Å². The van der Waals surface area contributed by atoms with E-state index >= 15 is 0 Å². The number of hydrogen-bond donors (Lipinski definition) is 3. The largest absolute Gasteiger partial charge is 0.594 e. The number of aliphatic hydroxyl groups is 2. The molecule has 0 amide bonds. The van der Waals surface area contributed by atoms with Crippen LogP contribution in [0.5, 0.6) is 5.75 Å². The Morgan fingerprint density at radius 3 is 2.37 bits per heavy atom. The Kier molecular flexibility index (Phi) is 6.20. The van der Waals surface area contributed by atoms with Gasteiger partial charge in [0.1, 0.15) is 4.90 Å². The molecule has 0 aliphatic heterocycles. The minimum Gasteiger partial charge on any atom is -0.594 e. The Morgan fingerprint density at radius 1 is 1.13 bits per heavy atom. The lowest BCUT2D eigenvalue weighted by atomic mass is 10.2. The van der Waals surface area contributed by atoms with E-state index in [9.17, 15) is 23.8 Å². The highest BCUT2D eigenvalue weighted by atomic mass is 32.2. The lowest BCUT2D eigenvalue weighted by molar-refractivity contribution is -0.641. The first kappa shape index (κ1) is 21.5. The van der Waals surface area contributed by atoms with Gasteiger partial charge in [0.05, 0.1) is 24.0 Å². The third kappa shape index (κ3) is 4.35. The van der Waals surface area contributed by atoms with Gasteiger partial charge in [0.2, 0.25) is 0 Å². The predicted molar refractivity (Wildman–Crippen MR) is 108 cm³/mol. The van der Waals surface area contributed by atoms with Crippen LogP contribution in [0.3, 0.4) is 0 Å². The molecule has 0 spiro atoms. The molecule has 0 atom stereocenters. The van der Waals surface area contributed by atoms with Crippen LogP contribution in [0.2, 0.25) is 0 Å². The maximum absolute atomic E-state index is 12.9. The van der Waals surface area contributed by atoms with Crippen molar-refractivity contribution in [3.05, 3.63) is 47.2 Å². The summed E-state index contributed by atoms with van der Waals surface area (Å²) in [5.41, 5.74) is 6.48. The SMILES string of the molecule is Cc1ccc(S(=O)(=O)Oc2c(N(CCO)CCO)ccc3c2nc(N)n[n+]3[O-])cc1. The van der Waals surface area contributed by atoms with Crippen LogP contribution in [0, 0.1) is 12.1 Å². The van der Waals surface area contributed by atoms with Crippen molar-refractivity contribution in [1.82, 2.24) is 10.1 Å². The molecule has 0 fully saturated rings. The van der Waals surface area contributed by atoms with E-state index in [1.165, 1.54) is 29.2 Å². The zero-order chi connectivity index (χ0) is 21.9. The molecule has 3 rings (SSSR count). The Morgan fingerprint density at radius 2 is 1.77 bits per heavy atom. The van der Waals surface area contributed by atoms with Crippen molar-refractivity contribution in [2.24, 2.45) is 0 Å². The first-order chi connectivity index (χ1) is 14.3. The summed E-state index contributed by atoms with van der Waals surface area (Å²) < 4.78 is 31.3. The van der Waals surface area contributed by atoms with Crippen LogP contribution in [-0.2, 0) is 10.1 Å². The van der Waals surface area contributed by atoms with Gasteiger partial charge in [-0.25, -0.2) is 0 Å². The topological polar surface area (TPSA) is 166 Å². The zero-order valence-electron chi connectivity index (χ0n) is 16.1. The second kappa shape index (κ2) is 8.65. The summed E-state index contributed by atoms with van der Waals surface area (Å²) in [5, 5.41) is 34.4. The van der Waals surface area contributed by atoms with Crippen molar-refractivity contribution in [1.29, 1.82) is 0 Å². The van der Waals surface area contributed by atoms with E-state index < -0.39 is 10.1 Å². The molecule has 0 radical (unpaired) electrons. The van der Waals surface area contributed by atoms with E-state index in [2.05, 4.69) is 10.1 Å². The standard InChI is InChI=1S/C18H21N5O6S/c1-12-2-4-13(5-3-12)30(27,28)29-17-15(22(8-10-24)9-11-25)7-6-14-16(17)20-18(19)21-23(14)26/h2-7,24-25H,8-11H2,1H3,(H2,19,20,21). The molecule has 0 bridgehead atoms. The molecular formula is C18H21N5O6S. The number of rotatable bonds is 8. The fraction of sp³-hybridized carbons (Fsp3) is 0.278. The van der Waals surface area contributed by atoms with Gasteiger partial charge >= 0.3 is 10.1 Å². The highest BCUT2D eigenvalue weighted by Crippen LogP contribution is 2.36. The first-order valence-corrected chi connectivity index (χ1v) is 10.4. The van der Waals surface area contributed by atoms with Crippen molar-refractivity contribution in [3.63, 3.8) is 0 Å². The smallest absolute Gasteiger partial charge is 0.339 e. The number of anilines is 2. The maximum Gasteiger partial charge on any atom is 0.339 e. The maximum atomic E-state index is 12.9. The molecule has 0 aliphatic carbocycles. The molecule has 1 heterocycles. The molecule has 1 aromatic heterocycles. The van der Waals surface area contributed by atoms with Crippen LogP contribution in [0.25, 0.3) is 11.0 Å². The van der Waals surface area contributed by atoms with E-state index in [0.717, 1.165) is 5.56 Å². The fourth-order valence-corrected chi connectivity index (χ4v) is 3.83. The molecule has 0 unspecified atom stereocenters. The average Bonchev–Trinajstić information content (AvgIpc) is 2.68. The van der Waals surface area contributed by atoms with Gasteiger partial charge in [-0.2, -0.15) is 13.4 Å². The van der Waals surface area contributed by atoms with E-state index in [1.807, 2.05) is 6.92 Å². The minimum absolute atomic E-state index is 0.0602. The van der Waals surface area contributed by atoms with Crippen LogP contribution in [0.1, 0.15) is 5.56 Å². The monoisotopic (exact) mass is 435 g/mol. The summed E-state index contributed by atoms with van der Waals surface area (Å²) in [6.45, 7) is 1.43. The van der Waals surface area contributed by atoms with E-state index in [1.54, 1.807) is 12.1 Å². The van der Waals surface area contributed by atoms with E-state index in [4.69, 9.17) is 9.92 Å². The predicted octanol–water partition coefficient (Wildman–Crippen LogP) is -0.287. The molecule has 4 N–H and O–H groups in total. The number of aromatic nitrogens is 3. The molecule has 30 heavy (non-hydrogen) atoms. The van der Waals surface area contributed by atoms with Gasteiger partial charge in [-0.3, -0.25) is 0 Å². The van der Waals surface area contributed by atoms with Gasteiger partial charge in [-0.15, -0.1) is 0 Å². The molecule has 12 heteroatoms. The summed E-state index contributed by atoms with van der Waals surface area (Å²) >= 11 is 0. The molecule has 0 saturated carbocycles. The Labute approximate surface area is 172 Å². The number of aryl methyl sites for hydroxylation is 1. The number of benzene rings is 2. The lowest BCUT2D eigenvalue weighted by Crippen LogP contribution is -2.34. The van der Waals surface area contributed by atoms with Gasteiger partial charge in [0.15, 0.2) is 11.3 Å². The summed E-state index contributed by atoms with van der Waals surface area (Å²) in [4.78, 5) is 5.63. The number of nitrogens with zero attached hydrogens (tertiary/aromatic N) is 4. The van der Waals surface area contributed by atoms with Crippen molar-refractivity contribution in [2.75, 3.05) is 36.9 Å². The van der Waals surface area contributed by atoms with Crippen molar-refractivity contribution in [2.45, 2.75) is 11.8 Å². The third-order valence-electron chi connectivity index (χ3n) is 4.30. The molecule has 3 aromatic rings. The van der Waals surface area contributed by atoms with Gasteiger partial charge < -0.3 is 30.2 Å². The second-order valence-corrected chi connectivity index (χ2v) is 7.96. The number of aliphatic hydroxyl groups excluding tert-OH is 2. The average molecular weight is 435 g/mol.